The third kappa shape index (κ3) is 4.69. The summed E-state index contributed by atoms with van der Waals surface area (Å²) < 4.78 is 4.50. The minimum Gasteiger partial charge on any atom is -0.468 e. The third-order valence-electron chi connectivity index (χ3n) is 5.30. The van der Waals surface area contributed by atoms with Gasteiger partial charge in [0.05, 0.1) is 7.11 Å². The molecule has 0 aromatic heterocycles. The van der Waals surface area contributed by atoms with E-state index in [2.05, 4.69) is 10.1 Å². The Morgan fingerprint density at radius 2 is 1.52 bits per heavy atom. The van der Waals surface area contributed by atoms with Gasteiger partial charge in [0, 0.05) is 32.1 Å². The monoisotopic (exact) mass is 357 g/mol. The van der Waals surface area contributed by atoms with Crippen LogP contribution in [-0.4, -0.2) is 37.1 Å². The van der Waals surface area contributed by atoms with Gasteiger partial charge in [-0.25, -0.2) is 0 Å². The molecule has 142 valence electrons. The third-order valence-corrected chi connectivity index (χ3v) is 5.30. The summed E-state index contributed by atoms with van der Waals surface area (Å²) in [6, 6.07) is 0. The minimum atomic E-state index is -0.859. The molecule has 3 fully saturated rings. The van der Waals surface area contributed by atoms with Crippen LogP contribution < -0.4 is 5.32 Å². The molecule has 8 heteroatoms. The van der Waals surface area contributed by atoms with Crippen molar-refractivity contribution in [1.29, 1.82) is 0 Å². The van der Waals surface area contributed by atoms with Gasteiger partial charge in [-0.3, -0.25) is 9.59 Å². The molecule has 3 aliphatic rings. The van der Waals surface area contributed by atoms with Crippen molar-refractivity contribution >= 4 is 11.9 Å². The Labute approximate surface area is 147 Å². The molecule has 2 spiro atoms. The number of carbonyl (C=O) groups excluding carboxylic acids is 2. The molecule has 0 radical (unpaired) electrons. The van der Waals surface area contributed by atoms with Crippen molar-refractivity contribution in [2.75, 3.05) is 13.7 Å². The number of nitrogens with one attached hydrogen (secondary N) is 1. The maximum atomic E-state index is 11.9. The van der Waals surface area contributed by atoms with Crippen LogP contribution in [0.5, 0.6) is 0 Å². The van der Waals surface area contributed by atoms with Crippen molar-refractivity contribution in [3.63, 3.8) is 0 Å². The fourth-order valence-corrected chi connectivity index (χ4v) is 3.65. The zero-order chi connectivity index (χ0) is 17.8. The first-order valence-corrected chi connectivity index (χ1v) is 9.12. The Hall–Kier alpha value is -1.22. The number of esters is 1. The Morgan fingerprint density at radius 1 is 0.960 bits per heavy atom. The zero-order valence-corrected chi connectivity index (χ0v) is 14.7. The van der Waals surface area contributed by atoms with Gasteiger partial charge in [-0.2, -0.15) is 19.6 Å². The van der Waals surface area contributed by atoms with Gasteiger partial charge < -0.3 is 10.1 Å². The summed E-state index contributed by atoms with van der Waals surface area (Å²) in [5.74, 6) is -1.98. The number of hydrogen-bond donors (Lipinski definition) is 1. The lowest BCUT2D eigenvalue weighted by molar-refractivity contribution is -0.663. The second kappa shape index (κ2) is 7.99. The largest absolute Gasteiger partial charge is 0.468 e. The maximum Gasteiger partial charge on any atom is 0.325 e. The maximum absolute atomic E-state index is 11.9. The molecule has 1 saturated heterocycles. The molecule has 1 N–H and O–H groups in total. The molecule has 2 aliphatic carbocycles. The zero-order valence-electron chi connectivity index (χ0n) is 14.7. The van der Waals surface area contributed by atoms with Crippen LogP contribution in [0.3, 0.4) is 0 Å². The summed E-state index contributed by atoms with van der Waals surface area (Å²) >= 11 is 0. The van der Waals surface area contributed by atoms with Crippen molar-refractivity contribution in [1.82, 2.24) is 5.32 Å². The lowest BCUT2D eigenvalue weighted by Gasteiger charge is -2.46. The van der Waals surface area contributed by atoms with Crippen LogP contribution >= 0.6 is 0 Å². The smallest absolute Gasteiger partial charge is 0.325 e. The van der Waals surface area contributed by atoms with Gasteiger partial charge in [0.25, 0.3) is 0 Å². The molecule has 0 aromatic rings. The molecule has 1 aliphatic heterocycles. The van der Waals surface area contributed by atoms with E-state index in [1.54, 1.807) is 0 Å². The van der Waals surface area contributed by atoms with Gasteiger partial charge in [-0.15, -0.1) is 0 Å². The second-order valence-corrected chi connectivity index (χ2v) is 7.22. The van der Waals surface area contributed by atoms with Crippen LogP contribution in [0.25, 0.3) is 0 Å². The second-order valence-electron chi connectivity index (χ2n) is 7.22. The Balaban J connectivity index is 1.40. The Bertz CT molecular complexity index is 469. The van der Waals surface area contributed by atoms with Gasteiger partial charge in [-0.05, 0) is 31.6 Å². The normalized spacial score (nSPS) is 25.6. The number of ether oxygens (including phenoxy) is 1. The molecular formula is C17H27NO7. The summed E-state index contributed by atoms with van der Waals surface area (Å²) in [6.07, 6.45) is 7.97. The van der Waals surface area contributed by atoms with Crippen molar-refractivity contribution in [3.8, 4) is 0 Å². The average molecular weight is 357 g/mol. The average Bonchev–Trinajstić information content (AvgIpc) is 2.65. The predicted octanol–water partition coefficient (Wildman–Crippen LogP) is 2.12. The lowest BCUT2D eigenvalue weighted by atomic mass is 9.83. The molecule has 2 saturated carbocycles. The molecule has 0 aromatic carbocycles. The number of methoxy groups -OCH3 is 1. The molecule has 8 nitrogen and oxygen atoms in total. The minimum absolute atomic E-state index is 0.0953. The highest BCUT2D eigenvalue weighted by atomic mass is 17.4. The number of carbonyl (C=O) groups is 2. The Morgan fingerprint density at radius 3 is 2.08 bits per heavy atom. The first-order chi connectivity index (χ1) is 12.0. The fourth-order valence-electron chi connectivity index (χ4n) is 3.65. The molecule has 1 amide bonds. The summed E-state index contributed by atoms with van der Waals surface area (Å²) in [5, 5.41) is 2.57. The predicted molar refractivity (Wildman–Crippen MR) is 84.5 cm³/mol. The van der Waals surface area contributed by atoms with E-state index in [1.807, 2.05) is 0 Å². The molecule has 25 heavy (non-hydrogen) atoms. The van der Waals surface area contributed by atoms with Gasteiger partial charge in [0.1, 0.15) is 6.54 Å². The van der Waals surface area contributed by atoms with E-state index in [-0.39, 0.29) is 18.4 Å². The fraction of sp³-hybridized carbons (Fsp3) is 0.882. The highest BCUT2D eigenvalue weighted by Gasteiger charge is 2.50. The van der Waals surface area contributed by atoms with E-state index in [0.717, 1.165) is 38.5 Å². The number of rotatable bonds is 4. The van der Waals surface area contributed by atoms with Crippen molar-refractivity contribution < 1.29 is 33.9 Å². The van der Waals surface area contributed by atoms with Crippen LogP contribution in [-0.2, 0) is 33.9 Å². The van der Waals surface area contributed by atoms with E-state index >= 15 is 0 Å². The summed E-state index contributed by atoms with van der Waals surface area (Å²) in [5.41, 5.74) is 0. The van der Waals surface area contributed by atoms with Crippen LogP contribution in [0.1, 0.15) is 64.2 Å². The molecule has 0 atom stereocenters. The highest BCUT2D eigenvalue weighted by Crippen LogP contribution is 2.45. The van der Waals surface area contributed by atoms with Gasteiger partial charge in [-0.1, -0.05) is 6.42 Å². The molecule has 1 heterocycles. The van der Waals surface area contributed by atoms with E-state index in [1.165, 1.54) is 13.5 Å². The summed E-state index contributed by atoms with van der Waals surface area (Å²) in [7, 11) is 1.29. The van der Waals surface area contributed by atoms with Gasteiger partial charge >= 0.3 is 5.97 Å². The molecule has 0 unspecified atom stereocenters. The molecule has 0 bridgehead atoms. The summed E-state index contributed by atoms with van der Waals surface area (Å²) in [4.78, 5) is 45.4. The first kappa shape index (κ1) is 18.6. The van der Waals surface area contributed by atoms with Crippen molar-refractivity contribution in [3.05, 3.63) is 0 Å². The Kier molecular flexibility index (Phi) is 5.93. The van der Waals surface area contributed by atoms with E-state index in [9.17, 15) is 9.59 Å². The first-order valence-electron chi connectivity index (χ1n) is 9.12. The SMILES string of the molecule is COC(=O)CNC(=O)CC1CCC2(CC1)OOC1(CCCCC1)OO2. The van der Waals surface area contributed by atoms with Crippen LogP contribution in [0.2, 0.25) is 0 Å². The van der Waals surface area contributed by atoms with Crippen LogP contribution in [0, 0.1) is 5.92 Å². The van der Waals surface area contributed by atoms with E-state index < -0.39 is 17.5 Å². The molecule has 3 rings (SSSR count). The van der Waals surface area contributed by atoms with E-state index in [4.69, 9.17) is 19.6 Å². The quantitative estimate of drug-likeness (QED) is 0.608. The van der Waals surface area contributed by atoms with Crippen LogP contribution in [0.4, 0.5) is 0 Å². The highest BCUT2D eigenvalue weighted by molar-refractivity contribution is 5.81. The topological polar surface area (TPSA) is 92.3 Å². The molecular weight excluding hydrogens is 330 g/mol. The van der Waals surface area contributed by atoms with E-state index in [0.29, 0.717) is 19.3 Å². The number of hydrogen-bond acceptors (Lipinski definition) is 7. The van der Waals surface area contributed by atoms with Crippen molar-refractivity contribution in [2.45, 2.75) is 75.8 Å². The number of amides is 1. The lowest BCUT2D eigenvalue weighted by Crippen LogP contribution is -2.52. The van der Waals surface area contributed by atoms with Crippen LogP contribution in [0.15, 0.2) is 0 Å². The summed E-state index contributed by atoms with van der Waals surface area (Å²) in [6.45, 7) is -0.0953. The standard InChI is InChI=1S/C17H27NO7/c1-21-15(20)12-18-14(19)11-13-5-9-17(10-6-13)24-22-16(23-25-17)7-3-2-4-8-16/h13H,2-12H2,1H3,(H,18,19). The van der Waals surface area contributed by atoms with Crippen molar-refractivity contribution in [2.24, 2.45) is 5.92 Å². The van der Waals surface area contributed by atoms with Gasteiger partial charge in [0.15, 0.2) is 0 Å². The van der Waals surface area contributed by atoms with Gasteiger partial charge in [0.2, 0.25) is 17.5 Å².